The highest BCUT2D eigenvalue weighted by molar-refractivity contribution is 9.10. The zero-order valence-corrected chi connectivity index (χ0v) is 15.6. The number of esters is 1. The molecular weight excluding hydrogens is 390 g/mol. The predicted molar refractivity (Wildman–Crippen MR) is 93.1 cm³/mol. The van der Waals surface area contributed by atoms with E-state index < -0.39 is 23.6 Å². The number of anilines is 1. The number of nitrogens with one attached hydrogen (secondary N) is 1. The molecular formula is C18H18BrNO5. The van der Waals surface area contributed by atoms with Crippen molar-refractivity contribution in [2.24, 2.45) is 11.8 Å². The Balaban J connectivity index is 1.91. The van der Waals surface area contributed by atoms with Gasteiger partial charge in [-0.2, -0.15) is 0 Å². The van der Waals surface area contributed by atoms with Crippen LogP contribution in [0.5, 0.6) is 0 Å². The topological polar surface area (TPSA) is 73.9 Å². The van der Waals surface area contributed by atoms with Gasteiger partial charge in [-0.3, -0.25) is 4.79 Å². The lowest BCUT2D eigenvalue weighted by Gasteiger charge is -2.52. The molecule has 1 heterocycles. The van der Waals surface area contributed by atoms with Gasteiger partial charge in [0.05, 0.1) is 18.9 Å². The van der Waals surface area contributed by atoms with Crippen LogP contribution in [0.4, 0.5) is 5.69 Å². The lowest BCUT2D eigenvalue weighted by atomic mass is 9.58. The third kappa shape index (κ3) is 2.03. The van der Waals surface area contributed by atoms with Crippen LogP contribution in [0.3, 0.4) is 0 Å². The van der Waals surface area contributed by atoms with Gasteiger partial charge in [0.15, 0.2) is 5.78 Å². The van der Waals surface area contributed by atoms with Gasteiger partial charge < -0.3 is 19.5 Å². The van der Waals surface area contributed by atoms with Crippen LogP contribution >= 0.6 is 15.9 Å². The van der Waals surface area contributed by atoms with Gasteiger partial charge in [-0.15, -0.1) is 0 Å². The fourth-order valence-corrected chi connectivity index (χ4v) is 5.00. The van der Waals surface area contributed by atoms with E-state index in [1.54, 1.807) is 6.08 Å². The number of hydrogen-bond acceptors (Lipinski definition) is 6. The second kappa shape index (κ2) is 5.65. The van der Waals surface area contributed by atoms with Gasteiger partial charge in [0.25, 0.3) is 0 Å². The number of rotatable bonds is 3. The predicted octanol–water partition coefficient (Wildman–Crippen LogP) is 2.24. The van der Waals surface area contributed by atoms with E-state index in [4.69, 9.17) is 14.2 Å². The van der Waals surface area contributed by atoms with Crippen molar-refractivity contribution in [2.75, 3.05) is 26.6 Å². The van der Waals surface area contributed by atoms with Crippen molar-refractivity contribution in [3.05, 3.63) is 39.9 Å². The number of ketones is 1. The molecule has 0 radical (unpaired) electrons. The highest BCUT2D eigenvalue weighted by Crippen LogP contribution is 2.58. The number of carbonyl (C=O) groups is 2. The molecule has 0 amide bonds. The number of ether oxygens (including phenoxy) is 3. The Morgan fingerprint density at radius 2 is 1.96 bits per heavy atom. The summed E-state index contributed by atoms with van der Waals surface area (Å²) in [6, 6.07) is 5.75. The molecule has 1 saturated carbocycles. The first kappa shape index (κ1) is 16.8. The van der Waals surface area contributed by atoms with Crippen LogP contribution in [-0.2, 0) is 23.8 Å². The SMILES string of the molecule is COC(=O)C1=CC2C(=O)C(OC)(OC)C1C1Nc3ccc(Br)cc3C21. The minimum Gasteiger partial charge on any atom is -0.466 e. The molecule has 4 unspecified atom stereocenters. The fraction of sp³-hybridized carbons (Fsp3) is 0.444. The number of fused-ring (bicyclic) bond motifs is 2. The standard InChI is InChI=1S/C18H18BrNO5/c1-23-17(22)11-7-10-13-9-6-8(19)4-5-12(9)20-15(13)14(11)18(24-2,25-3)16(10)21/h4-7,10,13-15,20H,1-3H3. The number of hydrogen-bond donors (Lipinski definition) is 1. The summed E-state index contributed by atoms with van der Waals surface area (Å²) in [5, 5.41) is 3.47. The van der Waals surface area contributed by atoms with E-state index in [1.807, 2.05) is 18.2 Å². The van der Waals surface area contributed by atoms with Crippen molar-refractivity contribution in [1.29, 1.82) is 0 Å². The van der Waals surface area contributed by atoms with E-state index in [0.717, 1.165) is 15.7 Å². The first-order valence-electron chi connectivity index (χ1n) is 7.99. The molecule has 25 heavy (non-hydrogen) atoms. The monoisotopic (exact) mass is 407 g/mol. The van der Waals surface area contributed by atoms with Gasteiger partial charge in [0.2, 0.25) is 5.79 Å². The average molecular weight is 408 g/mol. The van der Waals surface area contributed by atoms with E-state index in [1.165, 1.54) is 21.3 Å². The third-order valence-electron chi connectivity index (χ3n) is 5.61. The number of Topliss-reactive ketones (excluding diaryl/α,β-unsaturated/α-hetero) is 1. The van der Waals surface area contributed by atoms with Gasteiger partial charge in [0, 0.05) is 41.9 Å². The minimum atomic E-state index is -1.49. The summed E-state index contributed by atoms with van der Waals surface area (Å²) < 4.78 is 17.0. The maximum Gasteiger partial charge on any atom is 0.334 e. The number of allylic oxidation sites excluding steroid dienone is 1. The summed E-state index contributed by atoms with van der Waals surface area (Å²) in [6.07, 6.45) is 1.73. The van der Waals surface area contributed by atoms with E-state index in [-0.39, 0.29) is 17.7 Å². The molecule has 0 saturated heterocycles. The normalized spacial score (nSPS) is 31.0. The van der Waals surface area contributed by atoms with Crippen LogP contribution in [0.15, 0.2) is 34.3 Å². The van der Waals surface area contributed by atoms with Crippen molar-refractivity contribution < 1.29 is 23.8 Å². The van der Waals surface area contributed by atoms with Crippen LogP contribution in [-0.4, -0.2) is 44.9 Å². The highest BCUT2D eigenvalue weighted by atomic mass is 79.9. The first-order valence-corrected chi connectivity index (χ1v) is 8.78. The second-order valence-electron chi connectivity index (χ2n) is 6.48. The van der Waals surface area contributed by atoms with Gasteiger partial charge in [-0.25, -0.2) is 4.79 Å². The van der Waals surface area contributed by atoms with Gasteiger partial charge >= 0.3 is 5.97 Å². The van der Waals surface area contributed by atoms with Crippen LogP contribution in [0.2, 0.25) is 0 Å². The molecule has 6 nitrogen and oxygen atoms in total. The van der Waals surface area contributed by atoms with Gasteiger partial charge in [0.1, 0.15) is 0 Å². The van der Waals surface area contributed by atoms with Gasteiger partial charge in [-0.05, 0) is 23.8 Å². The highest BCUT2D eigenvalue weighted by Gasteiger charge is 2.67. The zero-order valence-electron chi connectivity index (χ0n) is 14.0. The lowest BCUT2D eigenvalue weighted by Crippen LogP contribution is -2.66. The Labute approximate surface area is 153 Å². The number of methoxy groups -OCH3 is 3. The maximum absolute atomic E-state index is 13.2. The third-order valence-corrected chi connectivity index (χ3v) is 6.10. The fourth-order valence-electron chi connectivity index (χ4n) is 4.62. The molecule has 0 aromatic heterocycles. The van der Waals surface area contributed by atoms with Crippen molar-refractivity contribution in [3.8, 4) is 0 Å². The summed E-state index contributed by atoms with van der Waals surface area (Å²) in [7, 11) is 4.20. The molecule has 3 aliphatic carbocycles. The number of benzene rings is 1. The molecule has 1 aliphatic heterocycles. The number of halogens is 1. The molecule has 1 aromatic carbocycles. The Kier molecular flexibility index (Phi) is 3.79. The van der Waals surface area contributed by atoms with Gasteiger partial charge in [-0.1, -0.05) is 22.0 Å². The lowest BCUT2D eigenvalue weighted by molar-refractivity contribution is -0.240. The zero-order chi connectivity index (χ0) is 17.9. The Morgan fingerprint density at radius 1 is 1.24 bits per heavy atom. The largest absolute Gasteiger partial charge is 0.466 e. The maximum atomic E-state index is 13.2. The van der Waals surface area contributed by atoms with Crippen molar-refractivity contribution in [3.63, 3.8) is 0 Å². The smallest absolute Gasteiger partial charge is 0.334 e. The molecule has 7 heteroatoms. The first-order chi connectivity index (χ1) is 12.0. The second-order valence-corrected chi connectivity index (χ2v) is 7.40. The average Bonchev–Trinajstić information content (AvgIpc) is 3.01. The van der Waals surface area contributed by atoms with E-state index in [2.05, 4.69) is 21.2 Å². The molecule has 1 fully saturated rings. The summed E-state index contributed by atoms with van der Waals surface area (Å²) in [5.41, 5.74) is 2.45. The minimum absolute atomic E-state index is 0.0724. The number of carbonyl (C=O) groups excluding carboxylic acids is 2. The molecule has 4 atom stereocenters. The van der Waals surface area contributed by atoms with Crippen LogP contribution < -0.4 is 5.32 Å². The van der Waals surface area contributed by atoms with Crippen molar-refractivity contribution in [2.45, 2.75) is 17.7 Å². The van der Waals surface area contributed by atoms with Crippen LogP contribution in [0.1, 0.15) is 11.5 Å². The van der Waals surface area contributed by atoms with Crippen molar-refractivity contribution in [1.82, 2.24) is 0 Å². The van der Waals surface area contributed by atoms with Crippen LogP contribution in [0, 0.1) is 11.8 Å². The molecule has 1 N–H and O–H groups in total. The van der Waals surface area contributed by atoms with E-state index in [9.17, 15) is 9.59 Å². The summed E-state index contributed by atoms with van der Waals surface area (Å²) in [4.78, 5) is 25.5. The summed E-state index contributed by atoms with van der Waals surface area (Å²) in [5.74, 6) is -3.30. The quantitative estimate of drug-likeness (QED) is 0.611. The Hall–Kier alpha value is -1.70. The van der Waals surface area contributed by atoms with Crippen molar-refractivity contribution >= 4 is 33.4 Å². The molecule has 5 rings (SSSR count). The molecule has 2 bridgehead atoms. The molecule has 1 aromatic rings. The summed E-state index contributed by atoms with van der Waals surface area (Å²) >= 11 is 3.49. The Morgan fingerprint density at radius 3 is 2.60 bits per heavy atom. The molecule has 4 aliphatic rings. The van der Waals surface area contributed by atoms with E-state index in [0.29, 0.717) is 5.57 Å². The van der Waals surface area contributed by atoms with E-state index >= 15 is 0 Å². The summed E-state index contributed by atoms with van der Waals surface area (Å²) in [6.45, 7) is 0. The molecule has 132 valence electrons. The van der Waals surface area contributed by atoms with Crippen LogP contribution in [0.25, 0.3) is 0 Å². The Bertz CT molecular complexity index is 801. The molecule has 0 spiro atoms.